The minimum atomic E-state index is -0.231. The highest BCUT2D eigenvalue weighted by atomic mass is 16.5. The number of ether oxygens (including phenoxy) is 1. The number of para-hydroxylation sites is 1. The number of likely N-dealkylation sites (tertiary alicyclic amines) is 1. The predicted molar refractivity (Wildman–Crippen MR) is 227 cm³/mol. The highest BCUT2D eigenvalue weighted by Gasteiger charge is 2.32. The summed E-state index contributed by atoms with van der Waals surface area (Å²) in [6.07, 6.45) is 8.25. The van der Waals surface area contributed by atoms with Crippen LogP contribution in [0.5, 0.6) is 5.75 Å². The Balaban J connectivity index is 0.000000867. The third-order valence-corrected chi connectivity index (χ3v) is 9.13. The average Bonchev–Trinajstić information content (AvgIpc) is 3.55. The monoisotopic (exact) mass is 748 g/mol. The Morgan fingerprint density at radius 2 is 1.61 bits per heavy atom. The molecule has 0 aromatic heterocycles. The van der Waals surface area contributed by atoms with Crippen LogP contribution in [0.3, 0.4) is 0 Å². The van der Waals surface area contributed by atoms with Gasteiger partial charge in [0.1, 0.15) is 5.75 Å². The van der Waals surface area contributed by atoms with Crippen LogP contribution in [0, 0.1) is 11.3 Å². The van der Waals surface area contributed by atoms with Gasteiger partial charge in [0, 0.05) is 24.3 Å². The van der Waals surface area contributed by atoms with Crippen molar-refractivity contribution in [3.63, 3.8) is 0 Å². The second-order valence-electron chi connectivity index (χ2n) is 14.5. The zero-order valence-corrected chi connectivity index (χ0v) is 35.0. The largest absolute Gasteiger partial charge is 0.494 e. The number of amides is 2. The first-order chi connectivity index (χ1) is 25.7. The quantitative estimate of drug-likeness (QED) is 0.0650. The zero-order valence-electron chi connectivity index (χ0n) is 35.0. The van der Waals surface area contributed by atoms with Crippen molar-refractivity contribution in [2.75, 3.05) is 26.7 Å². The lowest BCUT2D eigenvalue weighted by molar-refractivity contribution is -0.122. The summed E-state index contributed by atoms with van der Waals surface area (Å²) in [6.45, 7) is 29.7. The number of hydrogen-bond donors (Lipinski definition) is 4. The number of benzene rings is 2. The molecular formula is C45H73N5O4. The number of likely N-dealkylation sites (N-methyl/N-ethyl adjacent to an activating group) is 1. The molecule has 0 aliphatic carbocycles. The van der Waals surface area contributed by atoms with E-state index in [0.29, 0.717) is 18.4 Å². The third kappa shape index (κ3) is 20.3. The van der Waals surface area contributed by atoms with Crippen LogP contribution < -0.4 is 26.4 Å². The molecule has 5 atom stereocenters. The van der Waals surface area contributed by atoms with Crippen LogP contribution in [0.2, 0.25) is 0 Å². The number of carbonyl (C=O) groups excluding carboxylic acids is 3. The maximum Gasteiger partial charge on any atom is 0.240 e. The van der Waals surface area contributed by atoms with Crippen molar-refractivity contribution >= 4 is 18.1 Å². The van der Waals surface area contributed by atoms with Gasteiger partial charge in [0.05, 0.1) is 25.2 Å². The van der Waals surface area contributed by atoms with Gasteiger partial charge in [-0.3, -0.25) is 19.3 Å². The summed E-state index contributed by atoms with van der Waals surface area (Å²) in [4.78, 5) is 35.9. The standard InChI is InChI=1S/C22H34N2O2.C14H18N2O2.C7H15N.C2H6/c1-5-10-21(18(3)25)23-17(2)22-15-19(16-24(22)4)11-9-14-26-20-12-7-6-8-13-20;1-3-11(2)14(12-7-5-4-6-8-12)16-13(18)9-15-10-17;1-5-6(8)7(2,3)4;1-2/h6-8,12-13,19,21-23H,2,5,9-11,14-16H2,1,3-4H3;4-8,10,14H,2-3,9H2,1H3,(H,15,17)(H,16,18);5-6H,1,8H2,2-4H3;1-2H3/t19-,21?,22?;;;/m1.../s1. The van der Waals surface area contributed by atoms with E-state index in [1.54, 1.807) is 13.0 Å². The number of hydrogen-bond acceptors (Lipinski definition) is 7. The summed E-state index contributed by atoms with van der Waals surface area (Å²) in [5.74, 6) is 1.57. The highest BCUT2D eigenvalue weighted by molar-refractivity contribution is 5.81. The Labute approximate surface area is 328 Å². The number of ketones is 1. The minimum absolute atomic E-state index is 0.0240. The molecule has 1 aliphatic rings. The molecule has 4 unspecified atom stereocenters. The van der Waals surface area contributed by atoms with Crippen molar-refractivity contribution in [1.29, 1.82) is 0 Å². The number of Topliss-reactive ketones (excluding diaryl/α,β-unsaturated/α-hetero) is 1. The first-order valence-electron chi connectivity index (χ1n) is 19.6. The van der Waals surface area contributed by atoms with E-state index in [-0.39, 0.29) is 41.8 Å². The lowest BCUT2D eigenvalue weighted by atomic mass is 9.88. The predicted octanol–water partition coefficient (Wildman–Crippen LogP) is 8.16. The summed E-state index contributed by atoms with van der Waals surface area (Å²) in [5, 5.41) is 8.59. The van der Waals surface area contributed by atoms with Gasteiger partial charge < -0.3 is 26.4 Å². The van der Waals surface area contributed by atoms with Gasteiger partial charge in [-0.1, -0.05) is 128 Å². The lowest BCUT2D eigenvalue weighted by Crippen LogP contribution is -2.40. The summed E-state index contributed by atoms with van der Waals surface area (Å²) in [5.41, 5.74) is 8.71. The number of rotatable bonds is 19. The fourth-order valence-corrected chi connectivity index (χ4v) is 5.76. The minimum Gasteiger partial charge on any atom is -0.494 e. The Hall–Kier alpha value is -4.21. The van der Waals surface area contributed by atoms with Gasteiger partial charge in [-0.25, -0.2) is 0 Å². The van der Waals surface area contributed by atoms with E-state index < -0.39 is 0 Å². The van der Waals surface area contributed by atoms with Crippen LogP contribution in [0.4, 0.5) is 0 Å². The van der Waals surface area contributed by atoms with Crippen molar-refractivity contribution in [3.8, 4) is 5.75 Å². The summed E-state index contributed by atoms with van der Waals surface area (Å²) in [7, 11) is 2.15. The van der Waals surface area contributed by atoms with Gasteiger partial charge >= 0.3 is 0 Å². The summed E-state index contributed by atoms with van der Waals surface area (Å²) in [6, 6.07) is 19.7. The van der Waals surface area contributed by atoms with Crippen molar-refractivity contribution in [1.82, 2.24) is 20.9 Å². The summed E-state index contributed by atoms with van der Waals surface area (Å²) < 4.78 is 5.79. The molecule has 1 aliphatic heterocycles. The Kier molecular flexibility index (Phi) is 26.1. The van der Waals surface area contributed by atoms with Crippen LogP contribution in [-0.2, 0) is 14.4 Å². The molecule has 1 heterocycles. The normalized spacial score (nSPS) is 16.5. The van der Waals surface area contributed by atoms with Gasteiger partial charge in [-0.2, -0.15) is 0 Å². The molecule has 3 rings (SSSR count). The molecular weight excluding hydrogens is 675 g/mol. The number of nitrogens with zero attached hydrogens (tertiary/aromatic N) is 1. The van der Waals surface area contributed by atoms with E-state index in [1.807, 2.05) is 81.4 Å². The van der Waals surface area contributed by atoms with Gasteiger partial charge in [-0.15, -0.1) is 6.58 Å². The van der Waals surface area contributed by atoms with E-state index in [4.69, 9.17) is 10.5 Å². The lowest BCUT2D eigenvalue weighted by Gasteiger charge is -2.26. The molecule has 0 radical (unpaired) electrons. The van der Waals surface area contributed by atoms with Gasteiger partial charge in [0.2, 0.25) is 12.3 Å². The summed E-state index contributed by atoms with van der Waals surface area (Å²) >= 11 is 0. The van der Waals surface area contributed by atoms with Crippen LogP contribution in [-0.4, -0.2) is 67.9 Å². The molecule has 0 saturated carbocycles. The molecule has 2 aromatic rings. The Morgan fingerprint density at radius 3 is 2.09 bits per heavy atom. The fourth-order valence-electron chi connectivity index (χ4n) is 5.76. The van der Waals surface area contributed by atoms with Gasteiger partial charge in [0.25, 0.3) is 0 Å². The van der Waals surface area contributed by atoms with E-state index in [2.05, 4.69) is 75.3 Å². The smallest absolute Gasteiger partial charge is 0.240 e. The first kappa shape index (κ1) is 49.8. The van der Waals surface area contributed by atoms with Crippen LogP contribution in [0.25, 0.3) is 0 Å². The maximum absolute atomic E-state index is 11.8. The number of nitrogens with two attached hydrogens (primary N) is 1. The Bertz CT molecular complexity index is 1360. The third-order valence-electron chi connectivity index (χ3n) is 9.13. The Morgan fingerprint density at radius 1 is 1.02 bits per heavy atom. The van der Waals surface area contributed by atoms with E-state index in [0.717, 1.165) is 74.3 Å². The van der Waals surface area contributed by atoms with Crippen LogP contribution >= 0.6 is 0 Å². The van der Waals surface area contributed by atoms with Crippen molar-refractivity contribution in [2.24, 2.45) is 17.1 Å². The second-order valence-corrected chi connectivity index (χ2v) is 14.5. The molecule has 9 heteroatoms. The molecule has 54 heavy (non-hydrogen) atoms. The van der Waals surface area contributed by atoms with Crippen LogP contribution in [0.1, 0.15) is 106 Å². The molecule has 5 N–H and O–H groups in total. The maximum atomic E-state index is 11.8. The topological polar surface area (TPSA) is 126 Å². The zero-order chi connectivity index (χ0) is 41.1. The first-order valence-corrected chi connectivity index (χ1v) is 19.6. The average molecular weight is 748 g/mol. The van der Waals surface area contributed by atoms with Crippen molar-refractivity contribution in [3.05, 3.63) is 103 Å². The fraction of sp³-hybridized carbons (Fsp3) is 0.533. The second kappa shape index (κ2) is 28.3. The van der Waals surface area contributed by atoms with Gasteiger partial charge in [0.15, 0.2) is 5.78 Å². The molecule has 2 amide bonds. The molecule has 0 spiro atoms. The van der Waals surface area contributed by atoms with Crippen LogP contribution in [0.15, 0.2) is 97.7 Å². The SMILES string of the molecule is C=C(CC)C(NC(=O)CNC=O)c1ccccc1.C=C(NC(CCC)C(C)=O)C1C[C@@H](CCCOc2ccccc2)CN1C.C=CC(N)C(C)(C)C.CC. The molecule has 1 saturated heterocycles. The highest BCUT2D eigenvalue weighted by Crippen LogP contribution is 2.29. The van der Waals surface area contributed by atoms with Gasteiger partial charge in [-0.05, 0) is 75.1 Å². The molecule has 0 bridgehead atoms. The van der Waals surface area contributed by atoms with E-state index >= 15 is 0 Å². The molecule has 2 aromatic carbocycles. The van der Waals surface area contributed by atoms with Crippen molar-refractivity contribution < 1.29 is 19.1 Å². The molecule has 302 valence electrons. The van der Waals surface area contributed by atoms with Crippen molar-refractivity contribution in [2.45, 2.75) is 118 Å². The molecule has 9 nitrogen and oxygen atoms in total. The molecule has 1 fully saturated rings. The van der Waals surface area contributed by atoms with E-state index in [1.165, 1.54) is 0 Å². The number of nitrogens with one attached hydrogen (secondary N) is 3. The van der Waals surface area contributed by atoms with E-state index in [9.17, 15) is 14.4 Å². The number of carbonyl (C=O) groups is 3.